The van der Waals surface area contributed by atoms with Gasteiger partial charge in [0.2, 0.25) is 0 Å². The van der Waals surface area contributed by atoms with Crippen LogP contribution in [0.4, 0.5) is 0 Å². The van der Waals surface area contributed by atoms with E-state index in [4.69, 9.17) is 4.18 Å². The van der Waals surface area contributed by atoms with E-state index in [1.54, 1.807) is 12.0 Å². The second kappa shape index (κ2) is 6.43. The Labute approximate surface area is 62.4 Å². The molecule has 0 aliphatic rings. The SMILES string of the molecule is CCSOCCC(C)C. The molecule has 0 amide bonds. The van der Waals surface area contributed by atoms with Gasteiger partial charge in [-0.25, -0.2) is 0 Å². The molecule has 0 unspecified atom stereocenters. The quantitative estimate of drug-likeness (QED) is 0.438. The molecule has 0 aliphatic heterocycles. The Morgan fingerprint density at radius 1 is 1.44 bits per heavy atom. The Hall–Kier alpha value is 0.310. The van der Waals surface area contributed by atoms with Gasteiger partial charge in [-0.05, 0) is 24.4 Å². The summed E-state index contributed by atoms with van der Waals surface area (Å²) in [5, 5.41) is 0. The van der Waals surface area contributed by atoms with Gasteiger partial charge in [0, 0.05) is 5.75 Å². The molecule has 0 spiro atoms. The van der Waals surface area contributed by atoms with Crippen LogP contribution in [-0.2, 0) is 4.18 Å². The van der Waals surface area contributed by atoms with Crippen LogP contribution in [0.15, 0.2) is 0 Å². The van der Waals surface area contributed by atoms with Crippen LogP contribution >= 0.6 is 12.0 Å². The van der Waals surface area contributed by atoms with Gasteiger partial charge in [-0.3, -0.25) is 0 Å². The van der Waals surface area contributed by atoms with Crippen LogP contribution in [0.1, 0.15) is 27.2 Å². The highest BCUT2D eigenvalue weighted by molar-refractivity contribution is 7.94. The molecule has 0 heterocycles. The van der Waals surface area contributed by atoms with Gasteiger partial charge in [0.15, 0.2) is 0 Å². The van der Waals surface area contributed by atoms with E-state index in [-0.39, 0.29) is 0 Å². The third kappa shape index (κ3) is 8.31. The molecule has 0 aromatic rings. The summed E-state index contributed by atoms with van der Waals surface area (Å²) in [7, 11) is 0. The molecule has 0 aliphatic carbocycles. The largest absolute Gasteiger partial charge is 0.315 e. The van der Waals surface area contributed by atoms with E-state index in [1.807, 2.05) is 0 Å². The molecular formula is C7H16OS. The summed E-state index contributed by atoms with van der Waals surface area (Å²) in [5.41, 5.74) is 0. The third-order valence-electron chi connectivity index (χ3n) is 0.980. The van der Waals surface area contributed by atoms with Gasteiger partial charge >= 0.3 is 0 Å². The zero-order valence-electron chi connectivity index (χ0n) is 6.52. The van der Waals surface area contributed by atoms with Gasteiger partial charge in [-0.1, -0.05) is 20.8 Å². The average molecular weight is 148 g/mol. The van der Waals surface area contributed by atoms with Crippen LogP contribution in [0, 0.1) is 5.92 Å². The van der Waals surface area contributed by atoms with Gasteiger partial charge < -0.3 is 4.18 Å². The molecule has 56 valence electrons. The lowest BCUT2D eigenvalue weighted by Crippen LogP contribution is -1.93. The lowest BCUT2D eigenvalue weighted by molar-refractivity contribution is 0.335. The Balaban J connectivity index is 2.75. The van der Waals surface area contributed by atoms with E-state index in [1.165, 1.54) is 6.42 Å². The minimum absolute atomic E-state index is 0.766. The summed E-state index contributed by atoms with van der Waals surface area (Å²) in [6.45, 7) is 7.41. The highest BCUT2D eigenvalue weighted by Crippen LogP contribution is 2.05. The van der Waals surface area contributed by atoms with Crippen molar-refractivity contribution in [1.82, 2.24) is 0 Å². The molecule has 0 atom stereocenters. The molecule has 0 fully saturated rings. The Bertz CT molecular complexity index is 54.9. The summed E-state index contributed by atoms with van der Waals surface area (Å²) in [6, 6.07) is 0. The van der Waals surface area contributed by atoms with Gasteiger partial charge in [0.25, 0.3) is 0 Å². The van der Waals surface area contributed by atoms with Crippen molar-refractivity contribution < 1.29 is 4.18 Å². The minimum atomic E-state index is 0.766. The van der Waals surface area contributed by atoms with Crippen LogP contribution in [0.3, 0.4) is 0 Å². The van der Waals surface area contributed by atoms with E-state index >= 15 is 0 Å². The zero-order chi connectivity index (χ0) is 7.11. The Morgan fingerprint density at radius 3 is 2.56 bits per heavy atom. The van der Waals surface area contributed by atoms with Crippen molar-refractivity contribution in [1.29, 1.82) is 0 Å². The molecule has 0 rings (SSSR count). The summed E-state index contributed by atoms with van der Waals surface area (Å²) >= 11 is 1.55. The molecule has 0 saturated heterocycles. The highest BCUT2D eigenvalue weighted by atomic mass is 32.2. The average Bonchev–Trinajstić information content (AvgIpc) is 1.80. The molecule has 0 aromatic carbocycles. The van der Waals surface area contributed by atoms with Gasteiger partial charge in [-0.2, -0.15) is 0 Å². The van der Waals surface area contributed by atoms with Crippen LogP contribution in [0.5, 0.6) is 0 Å². The molecule has 9 heavy (non-hydrogen) atoms. The first-order chi connectivity index (χ1) is 4.27. The lowest BCUT2D eigenvalue weighted by Gasteiger charge is -2.02. The molecule has 0 bridgehead atoms. The first kappa shape index (κ1) is 9.31. The maximum atomic E-state index is 5.21. The predicted octanol–water partition coefficient (Wildman–Crippen LogP) is 2.72. The molecule has 0 saturated carbocycles. The topological polar surface area (TPSA) is 9.23 Å². The van der Waals surface area contributed by atoms with Crippen LogP contribution in [-0.4, -0.2) is 12.4 Å². The van der Waals surface area contributed by atoms with E-state index in [2.05, 4.69) is 20.8 Å². The van der Waals surface area contributed by atoms with E-state index in [0.717, 1.165) is 18.3 Å². The zero-order valence-corrected chi connectivity index (χ0v) is 7.33. The van der Waals surface area contributed by atoms with Crippen molar-refractivity contribution in [2.45, 2.75) is 27.2 Å². The Kier molecular flexibility index (Phi) is 6.65. The first-order valence-corrected chi connectivity index (χ1v) is 4.42. The van der Waals surface area contributed by atoms with Crippen molar-refractivity contribution in [3.05, 3.63) is 0 Å². The maximum Gasteiger partial charge on any atom is 0.0616 e. The van der Waals surface area contributed by atoms with Crippen molar-refractivity contribution in [2.75, 3.05) is 12.4 Å². The van der Waals surface area contributed by atoms with Crippen LogP contribution < -0.4 is 0 Å². The standard InChI is InChI=1S/C7H16OS/c1-4-9-8-6-5-7(2)3/h7H,4-6H2,1-3H3. The van der Waals surface area contributed by atoms with E-state index in [0.29, 0.717) is 0 Å². The molecular weight excluding hydrogens is 132 g/mol. The van der Waals surface area contributed by atoms with Crippen LogP contribution in [0.2, 0.25) is 0 Å². The second-order valence-electron chi connectivity index (χ2n) is 2.41. The number of rotatable bonds is 5. The van der Waals surface area contributed by atoms with Gasteiger partial charge in [-0.15, -0.1) is 0 Å². The van der Waals surface area contributed by atoms with Crippen molar-refractivity contribution in [3.63, 3.8) is 0 Å². The molecule has 1 nitrogen and oxygen atoms in total. The molecule has 2 heteroatoms. The summed E-state index contributed by atoms with van der Waals surface area (Å²) in [6.07, 6.45) is 1.17. The van der Waals surface area contributed by atoms with Crippen molar-refractivity contribution in [2.24, 2.45) is 5.92 Å². The van der Waals surface area contributed by atoms with Crippen molar-refractivity contribution in [3.8, 4) is 0 Å². The second-order valence-corrected chi connectivity index (χ2v) is 3.46. The van der Waals surface area contributed by atoms with Gasteiger partial charge in [0.05, 0.1) is 6.61 Å². The fraction of sp³-hybridized carbons (Fsp3) is 1.00. The minimum Gasteiger partial charge on any atom is -0.315 e. The van der Waals surface area contributed by atoms with Crippen molar-refractivity contribution >= 4 is 12.0 Å². The van der Waals surface area contributed by atoms with E-state index in [9.17, 15) is 0 Å². The third-order valence-corrected chi connectivity index (χ3v) is 1.55. The smallest absolute Gasteiger partial charge is 0.0616 e. The molecule has 0 aromatic heterocycles. The Morgan fingerprint density at radius 2 is 2.11 bits per heavy atom. The number of hydrogen-bond acceptors (Lipinski definition) is 2. The summed E-state index contributed by atoms with van der Waals surface area (Å²) in [4.78, 5) is 0. The fourth-order valence-electron chi connectivity index (χ4n) is 0.426. The van der Waals surface area contributed by atoms with E-state index < -0.39 is 0 Å². The summed E-state index contributed by atoms with van der Waals surface area (Å²) < 4.78 is 5.21. The highest BCUT2D eigenvalue weighted by Gasteiger charge is 1.92. The lowest BCUT2D eigenvalue weighted by atomic mass is 10.2. The normalized spacial score (nSPS) is 10.7. The van der Waals surface area contributed by atoms with Gasteiger partial charge in [0.1, 0.15) is 0 Å². The fourth-order valence-corrected chi connectivity index (χ4v) is 0.807. The molecule has 0 radical (unpaired) electrons. The predicted molar refractivity (Wildman–Crippen MR) is 43.5 cm³/mol. The summed E-state index contributed by atoms with van der Waals surface area (Å²) in [5.74, 6) is 1.82. The maximum absolute atomic E-state index is 5.21. The number of hydrogen-bond donors (Lipinski definition) is 0. The monoisotopic (exact) mass is 148 g/mol. The van der Waals surface area contributed by atoms with Crippen LogP contribution in [0.25, 0.3) is 0 Å². The molecule has 0 N–H and O–H groups in total. The first-order valence-electron chi connectivity index (χ1n) is 3.51.